The van der Waals surface area contributed by atoms with E-state index in [9.17, 15) is 4.79 Å². The number of piperidine rings is 1. The molecule has 2 N–H and O–H groups in total. The minimum absolute atomic E-state index is 0.0693. The van der Waals surface area contributed by atoms with Gasteiger partial charge >= 0.3 is 0 Å². The maximum atomic E-state index is 11.7. The van der Waals surface area contributed by atoms with Crippen LogP contribution in [0.1, 0.15) is 18.5 Å². The van der Waals surface area contributed by atoms with Gasteiger partial charge in [0.05, 0.1) is 6.54 Å². The molecule has 0 atom stereocenters. The van der Waals surface area contributed by atoms with Crippen LogP contribution in [0.2, 0.25) is 0 Å². The topological polar surface area (TPSA) is 57.3 Å². The lowest BCUT2D eigenvalue weighted by Crippen LogP contribution is -2.45. The van der Waals surface area contributed by atoms with Crippen LogP contribution < -0.4 is 10.6 Å². The summed E-state index contributed by atoms with van der Waals surface area (Å²) in [4.78, 5) is 18.3. The SMILES string of the molecule is CN1CCC(NCC(=O)NCCc2ccccn2)CC1. The summed E-state index contributed by atoms with van der Waals surface area (Å²) in [5.74, 6) is 0.0693. The number of hydrogen-bond donors (Lipinski definition) is 2. The summed E-state index contributed by atoms with van der Waals surface area (Å²) in [5.41, 5.74) is 1.01. The number of aromatic nitrogens is 1. The Morgan fingerprint density at radius 2 is 2.20 bits per heavy atom. The zero-order valence-corrected chi connectivity index (χ0v) is 12.1. The largest absolute Gasteiger partial charge is 0.355 e. The maximum absolute atomic E-state index is 11.7. The van der Waals surface area contributed by atoms with Gasteiger partial charge in [0.15, 0.2) is 0 Å². The number of likely N-dealkylation sites (tertiary alicyclic amines) is 1. The van der Waals surface area contributed by atoms with E-state index in [4.69, 9.17) is 0 Å². The fourth-order valence-electron chi connectivity index (χ4n) is 2.39. The molecular formula is C15H24N4O. The van der Waals surface area contributed by atoms with Gasteiger partial charge in [0.2, 0.25) is 5.91 Å². The van der Waals surface area contributed by atoms with Crippen LogP contribution in [0.3, 0.4) is 0 Å². The molecule has 110 valence electrons. The lowest BCUT2D eigenvalue weighted by molar-refractivity contribution is -0.120. The summed E-state index contributed by atoms with van der Waals surface area (Å²) in [6, 6.07) is 6.32. The molecule has 0 spiro atoms. The average Bonchev–Trinajstić information content (AvgIpc) is 2.48. The molecule has 1 aliphatic rings. The molecule has 20 heavy (non-hydrogen) atoms. The third kappa shape index (κ3) is 5.27. The van der Waals surface area contributed by atoms with Crippen molar-refractivity contribution in [1.82, 2.24) is 20.5 Å². The molecule has 1 fully saturated rings. The first-order valence-electron chi connectivity index (χ1n) is 7.32. The smallest absolute Gasteiger partial charge is 0.233 e. The number of amides is 1. The molecule has 5 heteroatoms. The van der Waals surface area contributed by atoms with Crippen molar-refractivity contribution in [2.75, 3.05) is 33.2 Å². The molecule has 1 aromatic rings. The van der Waals surface area contributed by atoms with Gasteiger partial charge in [-0.2, -0.15) is 0 Å². The molecule has 2 rings (SSSR count). The normalized spacial score (nSPS) is 17.1. The van der Waals surface area contributed by atoms with E-state index < -0.39 is 0 Å². The Labute approximate surface area is 120 Å². The van der Waals surface area contributed by atoms with Crippen LogP contribution in [0.15, 0.2) is 24.4 Å². The Bertz CT molecular complexity index is 402. The van der Waals surface area contributed by atoms with Crippen molar-refractivity contribution in [3.05, 3.63) is 30.1 Å². The summed E-state index contributed by atoms with van der Waals surface area (Å²) in [7, 11) is 2.14. The first kappa shape index (κ1) is 14.9. The molecule has 1 saturated heterocycles. The Morgan fingerprint density at radius 3 is 2.90 bits per heavy atom. The van der Waals surface area contributed by atoms with E-state index in [2.05, 4.69) is 27.6 Å². The van der Waals surface area contributed by atoms with Crippen LogP contribution in [0.5, 0.6) is 0 Å². The zero-order valence-electron chi connectivity index (χ0n) is 12.1. The van der Waals surface area contributed by atoms with Gasteiger partial charge in [-0.3, -0.25) is 9.78 Å². The number of hydrogen-bond acceptors (Lipinski definition) is 4. The van der Waals surface area contributed by atoms with Gasteiger partial charge < -0.3 is 15.5 Å². The number of nitrogens with zero attached hydrogens (tertiary/aromatic N) is 2. The Hall–Kier alpha value is -1.46. The van der Waals surface area contributed by atoms with Gasteiger partial charge in [-0.25, -0.2) is 0 Å². The molecule has 1 amide bonds. The summed E-state index contributed by atoms with van der Waals surface area (Å²) in [5, 5.41) is 6.26. The van der Waals surface area contributed by atoms with E-state index in [0.29, 0.717) is 19.1 Å². The molecule has 0 unspecified atom stereocenters. The minimum Gasteiger partial charge on any atom is -0.355 e. The lowest BCUT2D eigenvalue weighted by Gasteiger charge is -2.29. The van der Waals surface area contributed by atoms with Crippen molar-refractivity contribution in [3.63, 3.8) is 0 Å². The fourth-order valence-corrected chi connectivity index (χ4v) is 2.39. The highest BCUT2D eigenvalue weighted by Gasteiger charge is 2.16. The summed E-state index contributed by atoms with van der Waals surface area (Å²) in [6.07, 6.45) is 4.80. The molecule has 0 bridgehead atoms. The summed E-state index contributed by atoms with van der Waals surface area (Å²) in [6.45, 7) is 3.28. The molecule has 1 aromatic heterocycles. The van der Waals surface area contributed by atoms with Crippen LogP contribution in [0, 0.1) is 0 Å². The molecule has 0 saturated carbocycles. The Kier molecular flexibility index (Phi) is 5.95. The first-order valence-corrected chi connectivity index (χ1v) is 7.32. The third-order valence-electron chi connectivity index (χ3n) is 3.70. The maximum Gasteiger partial charge on any atom is 0.233 e. The summed E-state index contributed by atoms with van der Waals surface area (Å²) >= 11 is 0. The Balaban J connectivity index is 1.56. The standard InChI is InChI=1S/C15H24N4O/c1-19-10-6-14(7-11-19)18-12-15(20)17-9-5-13-4-2-3-8-16-13/h2-4,8,14,18H,5-7,9-12H2,1H3,(H,17,20). The summed E-state index contributed by atoms with van der Waals surface area (Å²) < 4.78 is 0. The highest BCUT2D eigenvalue weighted by molar-refractivity contribution is 5.78. The number of pyridine rings is 1. The van der Waals surface area contributed by atoms with Gasteiger partial charge in [0.25, 0.3) is 0 Å². The number of carbonyl (C=O) groups excluding carboxylic acids is 1. The molecular weight excluding hydrogens is 252 g/mol. The van der Waals surface area contributed by atoms with Crippen molar-refractivity contribution in [1.29, 1.82) is 0 Å². The van der Waals surface area contributed by atoms with E-state index in [0.717, 1.165) is 38.0 Å². The van der Waals surface area contributed by atoms with Gasteiger partial charge in [-0.15, -0.1) is 0 Å². The van der Waals surface area contributed by atoms with Crippen LogP contribution in [-0.4, -0.2) is 55.1 Å². The van der Waals surface area contributed by atoms with E-state index in [-0.39, 0.29) is 5.91 Å². The molecule has 0 aliphatic carbocycles. The van der Waals surface area contributed by atoms with E-state index in [1.54, 1.807) is 6.20 Å². The van der Waals surface area contributed by atoms with Crippen LogP contribution in [0.4, 0.5) is 0 Å². The fraction of sp³-hybridized carbons (Fsp3) is 0.600. The number of nitrogens with one attached hydrogen (secondary N) is 2. The molecule has 2 heterocycles. The monoisotopic (exact) mass is 276 g/mol. The highest BCUT2D eigenvalue weighted by atomic mass is 16.1. The van der Waals surface area contributed by atoms with Gasteiger partial charge in [0.1, 0.15) is 0 Å². The average molecular weight is 276 g/mol. The predicted octanol–water partition coefficient (Wildman–Crippen LogP) is 0.424. The number of carbonyl (C=O) groups is 1. The number of rotatable bonds is 6. The second kappa shape index (κ2) is 7.97. The molecule has 0 radical (unpaired) electrons. The second-order valence-electron chi connectivity index (χ2n) is 5.38. The third-order valence-corrected chi connectivity index (χ3v) is 3.70. The van der Waals surface area contributed by atoms with Crippen molar-refractivity contribution in [2.24, 2.45) is 0 Å². The molecule has 0 aromatic carbocycles. The van der Waals surface area contributed by atoms with Crippen molar-refractivity contribution >= 4 is 5.91 Å². The van der Waals surface area contributed by atoms with Crippen molar-refractivity contribution in [3.8, 4) is 0 Å². The lowest BCUT2D eigenvalue weighted by atomic mass is 10.1. The van der Waals surface area contributed by atoms with Gasteiger partial charge in [0, 0.05) is 30.9 Å². The minimum atomic E-state index is 0.0693. The van der Waals surface area contributed by atoms with Crippen LogP contribution in [0.25, 0.3) is 0 Å². The van der Waals surface area contributed by atoms with Crippen molar-refractivity contribution < 1.29 is 4.79 Å². The van der Waals surface area contributed by atoms with E-state index >= 15 is 0 Å². The van der Waals surface area contributed by atoms with Crippen molar-refractivity contribution in [2.45, 2.75) is 25.3 Å². The molecule has 5 nitrogen and oxygen atoms in total. The predicted molar refractivity (Wildman–Crippen MR) is 79.5 cm³/mol. The highest BCUT2D eigenvalue weighted by Crippen LogP contribution is 2.07. The van der Waals surface area contributed by atoms with Crippen LogP contribution in [-0.2, 0) is 11.2 Å². The van der Waals surface area contributed by atoms with E-state index in [1.165, 1.54) is 0 Å². The van der Waals surface area contributed by atoms with Gasteiger partial charge in [-0.05, 0) is 45.1 Å². The van der Waals surface area contributed by atoms with E-state index in [1.807, 2.05) is 18.2 Å². The molecule has 1 aliphatic heterocycles. The second-order valence-corrected chi connectivity index (χ2v) is 5.38. The Morgan fingerprint density at radius 1 is 1.40 bits per heavy atom. The van der Waals surface area contributed by atoms with Gasteiger partial charge in [-0.1, -0.05) is 6.07 Å². The first-order chi connectivity index (χ1) is 9.74. The quantitative estimate of drug-likeness (QED) is 0.791. The van der Waals surface area contributed by atoms with Crippen LogP contribution >= 0.6 is 0 Å². The zero-order chi connectivity index (χ0) is 14.2.